The Bertz CT molecular complexity index is 463. The first-order valence-corrected chi connectivity index (χ1v) is 6.51. The van der Waals surface area contributed by atoms with Gasteiger partial charge in [0.25, 0.3) is 0 Å². The number of hydrogen-bond acceptors (Lipinski definition) is 3. The van der Waals surface area contributed by atoms with Crippen LogP contribution in [0.5, 0.6) is 0 Å². The van der Waals surface area contributed by atoms with Crippen molar-refractivity contribution in [1.29, 1.82) is 0 Å². The van der Waals surface area contributed by atoms with Crippen molar-refractivity contribution < 1.29 is 19.4 Å². The van der Waals surface area contributed by atoms with Gasteiger partial charge in [0.05, 0.1) is 5.56 Å². The number of aromatic carboxylic acids is 1. The van der Waals surface area contributed by atoms with Gasteiger partial charge in [-0.2, -0.15) is 0 Å². The quantitative estimate of drug-likeness (QED) is 0.895. The van der Waals surface area contributed by atoms with Crippen LogP contribution in [0, 0.1) is 0 Å². The summed E-state index contributed by atoms with van der Waals surface area (Å²) in [5.41, 5.74) is 0.0162. The molecule has 1 amide bonds. The van der Waals surface area contributed by atoms with Crippen LogP contribution in [0.1, 0.15) is 45.0 Å². The first-order chi connectivity index (χ1) is 9.20. The first-order valence-electron chi connectivity index (χ1n) is 6.51. The number of anilines is 1. The lowest BCUT2D eigenvalue weighted by Gasteiger charge is -2.24. The number of carbonyl (C=O) groups excluding carboxylic acids is 1. The molecule has 0 aliphatic rings. The van der Waals surface area contributed by atoms with Gasteiger partial charge in [-0.3, -0.25) is 4.90 Å². The van der Waals surface area contributed by atoms with Gasteiger partial charge in [0.1, 0.15) is 5.60 Å². The van der Waals surface area contributed by atoms with E-state index in [1.807, 2.05) is 13.8 Å². The number of carboxylic acid groups (broad SMARTS) is 1. The fourth-order valence-corrected chi connectivity index (χ4v) is 1.28. The molecule has 5 heteroatoms. The van der Waals surface area contributed by atoms with Crippen LogP contribution in [-0.2, 0) is 4.74 Å². The molecule has 0 fully saturated rings. The molecule has 0 aromatic heterocycles. The van der Waals surface area contributed by atoms with Crippen LogP contribution < -0.4 is 4.90 Å². The topological polar surface area (TPSA) is 66.8 Å². The maximum absolute atomic E-state index is 11.8. The second kappa shape index (κ2) is 7.53. The van der Waals surface area contributed by atoms with Crippen molar-refractivity contribution in [2.24, 2.45) is 0 Å². The second-order valence-electron chi connectivity index (χ2n) is 4.89. The SMILES string of the molecule is CC.CN(C(=O)OC(C)(C)C)c1cccc(C(=O)O)c1. The summed E-state index contributed by atoms with van der Waals surface area (Å²) in [6.07, 6.45) is -0.523. The zero-order valence-electron chi connectivity index (χ0n) is 12.9. The van der Waals surface area contributed by atoms with Gasteiger partial charge in [-0.1, -0.05) is 19.9 Å². The summed E-state index contributed by atoms with van der Waals surface area (Å²) in [5, 5.41) is 8.88. The number of nitrogens with zero attached hydrogens (tertiary/aromatic N) is 1. The molecule has 0 atom stereocenters. The van der Waals surface area contributed by atoms with Gasteiger partial charge in [0, 0.05) is 12.7 Å². The van der Waals surface area contributed by atoms with E-state index in [-0.39, 0.29) is 5.56 Å². The van der Waals surface area contributed by atoms with E-state index in [1.165, 1.54) is 24.1 Å². The Morgan fingerprint density at radius 2 is 1.75 bits per heavy atom. The molecule has 0 heterocycles. The molecule has 0 radical (unpaired) electrons. The van der Waals surface area contributed by atoms with Crippen molar-refractivity contribution in [3.63, 3.8) is 0 Å². The van der Waals surface area contributed by atoms with Crippen molar-refractivity contribution in [1.82, 2.24) is 0 Å². The van der Waals surface area contributed by atoms with E-state index >= 15 is 0 Å². The van der Waals surface area contributed by atoms with Crippen LogP contribution in [0.2, 0.25) is 0 Å². The molecule has 0 aliphatic carbocycles. The largest absolute Gasteiger partial charge is 0.478 e. The van der Waals surface area contributed by atoms with Gasteiger partial charge in [-0.15, -0.1) is 0 Å². The molecule has 5 nitrogen and oxygen atoms in total. The normalized spacial score (nSPS) is 10.1. The fraction of sp³-hybridized carbons (Fsp3) is 0.467. The van der Waals surface area contributed by atoms with Gasteiger partial charge >= 0.3 is 12.1 Å². The Morgan fingerprint density at radius 3 is 2.20 bits per heavy atom. The molecule has 0 bridgehead atoms. The number of rotatable bonds is 2. The Hall–Kier alpha value is -2.04. The van der Waals surface area contributed by atoms with E-state index < -0.39 is 17.7 Å². The van der Waals surface area contributed by atoms with Gasteiger partial charge in [-0.25, -0.2) is 9.59 Å². The summed E-state index contributed by atoms with van der Waals surface area (Å²) in [6.45, 7) is 9.31. The first kappa shape index (κ1) is 18.0. The minimum Gasteiger partial charge on any atom is -0.478 e. The molecule has 0 saturated carbocycles. The van der Waals surface area contributed by atoms with E-state index in [0.717, 1.165) is 0 Å². The molecule has 1 rings (SSSR count). The van der Waals surface area contributed by atoms with Crippen molar-refractivity contribution in [2.45, 2.75) is 40.2 Å². The van der Waals surface area contributed by atoms with Crippen LogP contribution in [0.4, 0.5) is 10.5 Å². The number of benzene rings is 1. The molecule has 1 aromatic rings. The van der Waals surface area contributed by atoms with Crippen molar-refractivity contribution in [3.8, 4) is 0 Å². The zero-order valence-corrected chi connectivity index (χ0v) is 12.9. The number of carboxylic acids is 1. The monoisotopic (exact) mass is 281 g/mol. The lowest BCUT2D eigenvalue weighted by Crippen LogP contribution is -2.34. The maximum Gasteiger partial charge on any atom is 0.414 e. The summed E-state index contributed by atoms with van der Waals surface area (Å²) >= 11 is 0. The summed E-state index contributed by atoms with van der Waals surface area (Å²) in [5.74, 6) is -1.03. The zero-order chi connectivity index (χ0) is 15.9. The highest BCUT2D eigenvalue weighted by Crippen LogP contribution is 2.18. The van der Waals surface area contributed by atoms with Crippen molar-refractivity contribution in [3.05, 3.63) is 29.8 Å². The van der Waals surface area contributed by atoms with E-state index in [2.05, 4.69) is 0 Å². The fourth-order valence-electron chi connectivity index (χ4n) is 1.28. The summed E-state index contributed by atoms with van der Waals surface area (Å²) in [6, 6.07) is 6.12. The highest BCUT2D eigenvalue weighted by molar-refractivity contribution is 5.92. The maximum atomic E-state index is 11.8. The summed E-state index contributed by atoms with van der Waals surface area (Å²) in [4.78, 5) is 23.9. The molecule has 20 heavy (non-hydrogen) atoms. The molecule has 0 unspecified atom stereocenters. The predicted molar refractivity (Wildman–Crippen MR) is 79.4 cm³/mol. The predicted octanol–water partition coefficient (Wildman–Crippen LogP) is 3.78. The Kier molecular flexibility index (Phi) is 6.76. The third-order valence-electron chi connectivity index (χ3n) is 2.15. The van der Waals surface area contributed by atoms with Crippen LogP contribution in [-0.4, -0.2) is 29.8 Å². The van der Waals surface area contributed by atoms with E-state index in [1.54, 1.807) is 32.9 Å². The lowest BCUT2D eigenvalue weighted by atomic mass is 10.2. The van der Waals surface area contributed by atoms with Crippen LogP contribution in [0.25, 0.3) is 0 Å². The van der Waals surface area contributed by atoms with Crippen molar-refractivity contribution >= 4 is 17.7 Å². The molecule has 1 N–H and O–H groups in total. The van der Waals surface area contributed by atoms with Crippen LogP contribution in [0.15, 0.2) is 24.3 Å². The summed E-state index contributed by atoms with van der Waals surface area (Å²) < 4.78 is 5.19. The lowest BCUT2D eigenvalue weighted by molar-refractivity contribution is 0.0587. The number of amides is 1. The molecule has 112 valence electrons. The highest BCUT2D eigenvalue weighted by Gasteiger charge is 2.20. The third-order valence-corrected chi connectivity index (χ3v) is 2.15. The van der Waals surface area contributed by atoms with E-state index in [4.69, 9.17) is 9.84 Å². The number of carbonyl (C=O) groups is 2. The highest BCUT2D eigenvalue weighted by atomic mass is 16.6. The van der Waals surface area contributed by atoms with E-state index in [0.29, 0.717) is 5.69 Å². The molecule has 0 spiro atoms. The average molecular weight is 281 g/mol. The Balaban J connectivity index is 0.00000172. The van der Waals surface area contributed by atoms with Gasteiger partial charge in [-0.05, 0) is 39.0 Å². The smallest absolute Gasteiger partial charge is 0.414 e. The van der Waals surface area contributed by atoms with Gasteiger partial charge in [0.2, 0.25) is 0 Å². The molecule has 0 saturated heterocycles. The van der Waals surface area contributed by atoms with Crippen LogP contribution >= 0.6 is 0 Å². The average Bonchev–Trinajstić information content (AvgIpc) is 2.38. The Labute approximate surface area is 120 Å². The minimum absolute atomic E-state index is 0.128. The second-order valence-corrected chi connectivity index (χ2v) is 4.89. The number of hydrogen-bond donors (Lipinski definition) is 1. The Morgan fingerprint density at radius 1 is 1.20 bits per heavy atom. The minimum atomic E-state index is -1.03. The molecular formula is C15H23NO4. The van der Waals surface area contributed by atoms with E-state index in [9.17, 15) is 9.59 Å². The standard InChI is InChI=1S/C13H17NO4.C2H6/c1-13(2,3)18-12(17)14(4)10-7-5-6-9(8-10)11(15)16;1-2/h5-8H,1-4H3,(H,15,16);1-2H3. The third kappa shape index (κ3) is 5.73. The summed E-state index contributed by atoms with van der Waals surface area (Å²) in [7, 11) is 1.54. The number of ether oxygens (including phenoxy) is 1. The van der Waals surface area contributed by atoms with Gasteiger partial charge in [0.15, 0.2) is 0 Å². The van der Waals surface area contributed by atoms with Crippen LogP contribution in [0.3, 0.4) is 0 Å². The van der Waals surface area contributed by atoms with Crippen molar-refractivity contribution in [2.75, 3.05) is 11.9 Å². The molecule has 0 aliphatic heterocycles. The molecule has 1 aromatic carbocycles. The molecular weight excluding hydrogens is 258 g/mol. The van der Waals surface area contributed by atoms with Gasteiger partial charge < -0.3 is 9.84 Å².